The maximum Gasteiger partial charge on any atom is 0.0922 e. The molecule has 3 atom stereocenters. The Morgan fingerprint density at radius 2 is 2.32 bits per heavy atom. The lowest BCUT2D eigenvalue weighted by Gasteiger charge is -2.35. The summed E-state index contributed by atoms with van der Waals surface area (Å²) in [7, 11) is 4.02. The molecule has 0 spiro atoms. The van der Waals surface area contributed by atoms with Gasteiger partial charge in [-0.1, -0.05) is 6.42 Å². The molecule has 2 aliphatic rings. The number of nitrogens with one attached hydrogen (secondary N) is 1. The topological polar surface area (TPSA) is 44.4 Å². The zero-order chi connectivity index (χ0) is 15.4. The zero-order valence-electron chi connectivity index (χ0n) is 14.0. The quantitative estimate of drug-likeness (QED) is 0.835. The monoisotopic (exact) mass is 306 g/mol. The van der Waals surface area contributed by atoms with Crippen molar-refractivity contribution in [1.82, 2.24) is 19.8 Å². The van der Waals surface area contributed by atoms with Crippen molar-refractivity contribution in [3.8, 4) is 0 Å². The van der Waals surface area contributed by atoms with E-state index >= 15 is 0 Å². The van der Waals surface area contributed by atoms with E-state index in [1.807, 2.05) is 6.20 Å². The normalized spacial score (nSPS) is 29.1. The highest BCUT2D eigenvalue weighted by atomic mass is 16.5. The van der Waals surface area contributed by atoms with E-state index in [-0.39, 0.29) is 0 Å². The van der Waals surface area contributed by atoms with Crippen molar-refractivity contribution in [1.29, 1.82) is 0 Å². The molecule has 22 heavy (non-hydrogen) atoms. The van der Waals surface area contributed by atoms with Gasteiger partial charge in [-0.2, -0.15) is 0 Å². The summed E-state index contributed by atoms with van der Waals surface area (Å²) >= 11 is 0. The summed E-state index contributed by atoms with van der Waals surface area (Å²) < 4.78 is 5.20. The fourth-order valence-corrected chi connectivity index (χ4v) is 4.39. The first-order valence-electron chi connectivity index (χ1n) is 8.63. The highest BCUT2D eigenvalue weighted by Crippen LogP contribution is 2.40. The molecule has 5 nitrogen and oxygen atoms in total. The number of hydrogen-bond donors (Lipinski definition) is 1. The maximum atomic E-state index is 5.20. The Labute approximate surface area is 134 Å². The van der Waals surface area contributed by atoms with Crippen LogP contribution in [0.3, 0.4) is 0 Å². The molecule has 0 amide bonds. The molecular formula is C17H30N4O. The number of hydrogen-bond acceptors (Lipinski definition) is 4. The van der Waals surface area contributed by atoms with E-state index in [0.717, 1.165) is 37.5 Å². The lowest BCUT2D eigenvalue weighted by molar-refractivity contribution is 0.117. The third-order valence-corrected chi connectivity index (χ3v) is 5.49. The second-order valence-electron chi connectivity index (χ2n) is 7.14. The van der Waals surface area contributed by atoms with E-state index in [9.17, 15) is 0 Å². The van der Waals surface area contributed by atoms with Crippen LogP contribution in [0.1, 0.15) is 25.0 Å². The van der Waals surface area contributed by atoms with Crippen LogP contribution in [0.4, 0.5) is 0 Å². The number of ether oxygens (including phenoxy) is 1. The summed E-state index contributed by atoms with van der Waals surface area (Å²) in [5, 5.41) is 0. The predicted molar refractivity (Wildman–Crippen MR) is 87.6 cm³/mol. The Hall–Kier alpha value is -0.910. The predicted octanol–water partition coefficient (Wildman–Crippen LogP) is 1.84. The molecule has 1 aromatic rings. The minimum atomic E-state index is 0.837. The number of rotatable bonds is 7. The van der Waals surface area contributed by atoms with Crippen molar-refractivity contribution in [2.45, 2.75) is 25.8 Å². The third-order valence-electron chi connectivity index (χ3n) is 5.49. The lowest BCUT2D eigenvalue weighted by atomic mass is 9.74. The van der Waals surface area contributed by atoms with Crippen molar-refractivity contribution in [2.75, 3.05) is 46.9 Å². The van der Waals surface area contributed by atoms with Crippen molar-refractivity contribution >= 4 is 0 Å². The molecule has 0 radical (unpaired) electrons. The summed E-state index contributed by atoms with van der Waals surface area (Å²) in [6, 6.07) is 0. The molecule has 124 valence electrons. The molecule has 0 bridgehead atoms. The Morgan fingerprint density at radius 1 is 1.41 bits per heavy atom. The highest BCUT2D eigenvalue weighted by molar-refractivity contribution is 4.98. The minimum Gasteiger partial charge on any atom is -0.383 e. The van der Waals surface area contributed by atoms with E-state index < -0.39 is 0 Å². The van der Waals surface area contributed by atoms with Crippen molar-refractivity contribution in [3.63, 3.8) is 0 Å². The Bertz CT molecular complexity index is 436. The van der Waals surface area contributed by atoms with Crippen LogP contribution in [0, 0.1) is 17.8 Å². The molecule has 1 N–H and O–H groups in total. The van der Waals surface area contributed by atoms with E-state index in [1.165, 1.54) is 44.6 Å². The molecule has 1 saturated heterocycles. The van der Waals surface area contributed by atoms with Gasteiger partial charge in [-0.15, -0.1) is 0 Å². The molecule has 3 rings (SSSR count). The van der Waals surface area contributed by atoms with Crippen LogP contribution in [0.5, 0.6) is 0 Å². The first kappa shape index (κ1) is 16.0. The van der Waals surface area contributed by atoms with E-state index in [1.54, 1.807) is 13.4 Å². The standard InChI is InChI=1S/C17H30N4O/c1-20(6-7-22-2)9-14-4-3-5-15-10-21(12-17(14)15)11-16-8-18-13-19-16/h8,13-15,17H,3-7,9-12H2,1-2H3,(H,18,19)/t14-,15+,17+/m0/s1. The number of H-pyrrole nitrogens is 1. The van der Waals surface area contributed by atoms with Crippen molar-refractivity contribution < 1.29 is 4.74 Å². The van der Waals surface area contributed by atoms with Gasteiger partial charge in [0.25, 0.3) is 0 Å². The number of imidazole rings is 1. The van der Waals surface area contributed by atoms with Crippen LogP contribution < -0.4 is 0 Å². The van der Waals surface area contributed by atoms with Crippen LogP contribution in [-0.4, -0.2) is 66.7 Å². The van der Waals surface area contributed by atoms with Crippen LogP contribution >= 0.6 is 0 Å². The summed E-state index contributed by atoms with van der Waals surface area (Å²) in [5.74, 6) is 2.63. The number of likely N-dealkylation sites (N-methyl/N-ethyl adjacent to an activating group) is 1. The Balaban J connectivity index is 1.53. The molecule has 5 heteroatoms. The number of nitrogens with zero attached hydrogens (tertiary/aromatic N) is 3. The van der Waals surface area contributed by atoms with Gasteiger partial charge in [-0.3, -0.25) is 4.90 Å². The van der Waals surface area contributed by atoms with Gasteiger partial charge in [0.1, 0.15) is 0 Å². The van der Waals surface area contributed by atoms with Gasteiger partial charge in [0.05, 0.1) is 12.9 Å². The average molecular weight is 306 g/mol. The molecule has 1 aliphatic heterocycles. The van der Waals surface area contributed by atoms with Crippen LogP contribution in [0.15, 0.2) is 12.5 Å². The van der Waals surface area contributed by atoms with Gasteiger partial charge in [0.2, 0.25) is 0 Å². The van der Waals surface area contributed by atoms with Gasteiger partial charge < -0.3 is 14.6 Å². The van der Waals surface area contributed by atoms with E-state index in [0.29, 0.717) is 0 Å². The molecule has 2 fully saturated rings. The first-order chi connectivity index (χ1) is 10.8. The van der Waals surface area contributed by atoms with Crippen molar-refractivity contribution in [3.05, 3.63) is 18.2 Å². The second-order valence-corrected chi connectivity index (χ2v) is 7.14. The summed E-state index contributed by atoms with van der Waals surface area (Å²) in [6.07, 6.45) is 7.96. The number of aromatic nitrogens is 2. The van der Waals surface area contributed by atoms with Gasteiger partial charge >= 0.3 is 0 Å². The fourth-order valence-electron chi connectivity index (χ4n) is 4.39. The minimum absolute atomic E-state index is 0.837. The molecule has 1 aromatic heterocycles. The molecule has 0 unspecified atom stereocenters. The number of methoxy groups -OCH3 is 1. The van der Waals surface area contributed by atoms with Crippen molar-refractivity contribution in [2.24, 2.45) is 17.8 Å². The van der Waals surface area contributed by atoms with Gasteiger partial charge in [0, 0.05) is 51.7 Å². The summed E-state index contributed by atoms with van der Waals surface area (Å²) in [5.41, 5.74) is 1.24. The van der Waals surface area contributed by atoms with Crippen LogP contribution in [0.2, 0.25) is 0 Å². The first-order valence-corrected chi connectivity index (χ1v) is 8.63. The van der Waals surface area contributed by atoms with Gasteiger partial charge in [0.15, 0.2) is 0 Å². The fraction of sp³-hybridized carbons (Fsp3) is 0.824. The SMILES string of the molecule is COCCN(C)C[C@@H]1CCC[C@@H]2CN(Cc3cnc[nH]3)C[C@@H]21. The lowest BCUT2D eigenvalue weighted by Crippen LogP contribution is -2.37. The molecule has 0 aromatic carbocycles. The third kappa shape index (κ3) is 3.89. The largest absolute Gasteiger partial charge is 0.383 e. The molecule has 2 heterocycles. The number of fused-ring (bicyclic) bond motifs is 1. The summed E-state index contributed by atoms with van der Waals surface area (Å²) in [4.78, 5) is 12.4. The van der Waals surface area contributed by atoms with Gasteiger partial charge in [-0.05, 0) is 37.6 Å². The zero-order valence-corrected chi connectivity index (χ0v) is 14.0. The Kier molecular flexibility index (Phi) is 5.50. The average Bonchev–Trinajstić information content (AvgIpc) is 3.15. The summed E-state index contributed by atoms with van der Waals surface area (Å²) in [6.45, 7) is 6.65. The number of likely N-dealkylation sites (tertiary alicyclic amines) is 1. The smallest absolute Gasteiger partial charge is 0.0922 e. The van der Waals surface area contributed by atoms with Crippen LogP contribution in [-0.2, 0) is 11.3 Å². The number of aromatic amines is 1. The van der Waals surface area contributed by atoms with E-state index in [4.69, 9.17) is 4.74 Å². The molecule has 1 saturated carbocycles. The maximum absolute atomic E-state index is 5.20. The van der Waals surface area contributed by atoms with E-state index in [2.05, 4.69) is 26.8 Å². The second kappa shape index (κ2) is 7.57. The van der Waals surface area contributed by atoms with Crippen LogP contribution in [0.25, 0.3) is 0 Å². The Morgan fingerprint density at radius 3 is 3.09 bits per heavy atom. The highest BCUT2D eigenvalue weighted by Gasteiger charge is 2.40. The molecule has 1 aliphatic carbocycles. The molecular weight excluding hydrogens is 276 g/mol. The van der Waals surface area contributed by atoms with Gasteiger partial charge in [-0.25, -0.2) is 4.98 Å².